The van der Waals surface area contributed by atoms with E-state index in [9.17, 15) is 19.5 Å². The third-order valence-electron chi connectivity index (χ3n) is 9.90. The van der Waals surface area contributed by atoms with Crippen LogP contribution in [0.1, 0.15) is 181 Å². The van der Waals surface area contributed by atoms with E-state index >= 15 is 0 Å². The smallest absolute Gasteiger partial charge is 0.306 e. The SMILES string of the molecule is CCCCCCCC/C=C/C/C=C/C/C=C/CCCC(=O)OCC(COCCC(C(=O)[O-])[N+](C)(C)C)OC(=O)CCCCC/C=C/C=C/CCCCCCCCC. The molecule has 2 atom stereocenters. The zero-order chi connectivity index (χ0) is 42.1. The zero-order valence-corrected chi connectivity index (χ0v) is 37.2. The molecular weight excluding hydrogens is 715 g/mol. The van der Waals surface area contributed by atoms with E-state index in [0.717, 1.165) is 44.9 Å². The van der Waals surface area contributed by atoms with Gasteiger partial charge in [0.15, 0.2) is 6.10 Å². The van der Waals surface area contributed by atoms with Crippen LogP contribution in [0.15, 0.2) is 60.8 Å². The molecule has 0 aromatic rings. The van der Waals surface area contributed by atoms with Crippen molar-refractivity contribution in [3.8, 4) is 0 Å². The number of rotatable bonds is 40. The molecule has 0 N–H and O–H groups in total. The topological polar surface area (TPSA) is 102 Å². The fraction of sp³-hybridized carbons (Fsp3) is 0.735. The average molecular weight is 800 g/mol. The Morgan fingerprint density at radius 1 is 0.544 bits per heavy atom. The lowest BCUT2D eigenvalue weighted by atomic mass is 10.1. The van der Waals surface area contributed by atoms with Crippen LogP contribution in [0, 0.1) is 0 Å². The molecule has 0 rings (SSSR count). The highest BCUT2D eigenvalue weighted by atomic mass is 16.6. The van der Waals surface area contributed by atoms with Gasteiger partial charge in [0.05, 0.1) is 40.3 Å². The van der Waals surface area contributed by atoms with Crippen LogP contribution < -0.4 is 5.11 Å². The highest BCUT2D eigenvalue weighted by Crippen LogP contribution is 2.12. The largest absolute Gasteiger partial charge is 0.544 e. The minimum Gasteiger partial charge on any atom is -0.544 e. The molecule has 0 aliphatic rings. The van der Waals surface area contributed by atoms with Crippen molar-refractivity contribution in [1.29, 1.82) is 0 Å². The van der Waals surface area contributed by atoms with Crippen LogP contribution in [-0.2, 0) is 28.6 Å². The van der Waals surface area contributed by atoms with Crippen LogP contribution in [0.25, 0.3) is 0 Å². The van der Waals surface area contributed by atoms with Crippen molar-refractivity contribution in [3.63, 3.8) is 0 Å². The molecule has 0 saturated heterocycles. The van der Waals surface area contributed by atoms with Crippen LogP contribution in [0.5, 0.6) is 0 Å². The lowest BCUT2D eigenvalue weighted by Gasteiger charge is -2.34. The number of carboxylic acid groups (broad SMARTS) is 1. The first-order chi connectivity index (χ1) is 27.6. The first-order valence-corrected chi connectivity index (χ1v) is 22.8. The normalized spacial score (nSPS) is 13.5. The molecular formula is C49H85NO7. The lowest BCUT2D eigenvalue weighted by Crippen LogP contribution is -2.55. The molecule has 57 heavy (non-hydrogen) atoms. The van der Waals surface area contributed by atoms with Crippen molar-refractivity contribution in [2.75, 3.05) is 41.0 Å². The van der Waals surface area contributed by atoms with Gasteiger partial charge in [-0.3, -0.25) is 9.59 Å². The molecule has 0 aromatic carbocycles. The van der Waals surface area contributed by atoms with E-state index in [1.807, 2.05) is 0 Å². The van der Waals surface area contributed by atoms with Gasteiger partial charge in [0.2, 0.25) is 0 Å². The number of hydrogen-bond donors (Lipinski definition) is 0. The molecule has 0 radical (unpaired) electrons. The van der Waals surface area contributed by atoms with Crippen molar-refractivity contribution < 1.29 is 38.2 Å². The third kappa shape index (κ3) is 38.3. The molecule has 8 nitrogen and oxygen atoms in total. The summed E-state index contributed by atoms with van der Waals surface area (Å²) in [5, 5.41) is 11.6. The Hall–Kier alpha value is -2.97. The highest BCUT2D eigenvalue weighted by Gasteiger charge is 2.25. The molecule has 0 fully saturated rings. The summed E-state index contributed by atoms with van der Waals surface area (Å²) in [6.45, 7) is 4.56. The predicted octanol–water partition coefficient (Wildman–Crippen LogP) is 11.2. The summed E-state index contributed by atoms with van der Waals surface area (Å²) in [5.74, 6) is -1.84. The molecule has 0 bridgehead atoms. The molecule has 328 valence electrons. The van der Waals surface area contributed by atoms with Crippen molar-refractivity contribution >= 4 is 17.9 Å². The summed E-state index contributed by atoms with van der Waals surface area (Å²) < 4.78 is 17.1. The molecule has 0 spiro atoms. The van der Waals surface area contributed by atoms with E-state index in [-0.39, 0.29) is 55.5 Å². The first-order valence-electron chi connectivity index (χ1n) is 22.8. The molecule has 0 aliphatic carbocycles. The Kier molecular flexibility index (Phi) is 37.8. The Labute approximate surface area is 349 Å². The van der Waals surface area contributed by atoms with E-state index in [1.165, 1.54) is 89.9 Å². The molecule has 0 aromatic heterocycles. The fourth-order valence-electron chi connectivity index (χ4n) is 6.31. The second kappa shape index (κ2) is 39.8. The van der Waals surface area contributed by atoms with E-state index in [0.29, 0.717) is 12.8 Å². The minimum absolute atomic E-state index is 0.0123. The van der Waals surface area contributed by atoms with Crippen LogP contribution >= 0.6 is 0 Å². The Morgan fingerprint density at radius 2 is 1.00 bits per heavy atom. The monoisotopic (exact) mass is 800 g/mol. The number of aliphatic carboxylic acids is 1. The maximum atomic E-state index is 12.7. The van der Waals surface area contributed by atoms with Crippen LogP contribution in [-0.4, -0.2) is 75.5 Å². The summed E-state index contributed by atoms with van der Waals surface area (Å²) in [5.41, 5.74) is 0. The number of nitrogens with zero attached hydrogens (tertiary/aromatic N) is 1. The van der Waals surface area contributed by atoms with Gasteiger partial charge in [-0.15, -0.1) is 0 Å². The average Bonchev–Trinajstić information content (AvgIpc) is 3.17. The quantitative estimate of drug-likeness (QED) is 0.0200. The minimum atomic E-state index is -1.14. The fourth-order valence-corrected chi connectivity index (χ4v) is 6.31. The third-order valence-corrected chi connectivity index (χ3v) is 9.90. The lowest BCUT2D eigenvalue weighted by molar-refractivity contribution is -0.889. The molecule has 2 unspecified atom stereocenters. The van der Waals surface area contributed by atoms with Gasteiger partial charge < -0.3 is 28.6 Å². The summed E-state index contributed by atoms with van der Waals surface area (Å²) in [6.07, 6.45) is 48.3. The van der Waals surface area contributed by atoms with Crippen molar-refractivity contribution in [2.45, 2.75) is 193 Å². The summed E-state index contributed by atoms with van der Waals surface area (Å²) in [4.78, 5) is 36.8. The standard InChI is InChI=1S/C49H85NO7/c1-6-8-10-12-14-16-18-20-22-24-26-27-29-31-33-35-37-39-47(51)56-44-45(43-55-42-41-46(49(53)54)50(3,4)5)57-48(52)40-38-36-34-32-30-28-25-23-21-19-17-15-13-11-9-7-2/h20,22-23,25-28,30-31,33,45-46H,6-19,21,24,29,32,34-44H2,1-5H3/b22-20+,25-23+,27-26+,30-28+,33-31+. The van der Waals surface area contributed by atoms with Crippen molar-refractivity contribution in [1.82, 2.24) is 0 Å². The number of allylic oxidation sites excluding steroid dienone is 10. The van der Waals surface area contributed by atoms with Crippen LogP contribution in [0.4, 0.5) is 0 Å². The maximum absolute atomic E-state index is 12.7. The molecule has 0 heterocycles. The molecule has 0 aliphatic heterocycles. The number of carbonyl (C=O) groups is 3. The Bertz CT molecular complexity index is 1120. The van der Waals surface area contributed by atoms with Gasteiger partial charge in [-0.25, -0.2) is 0 Å². The number of ether oxygens (including phenoxy) is 3. The van der Waals surface area contributed by atoms with Gasteiger partial charge in [0.1, 0.15) is 12.6 Å². The van der Waals surface area contributed by atoms with E-state index in [4.69, 9.17) is 14.2 Å². The highest BCUT2D eigenvalue weighted by molar-refractivity contribution is 5.70. The molecule has 0 saturated carbocycles. The second-order valence-corrected chi connectivity index (χ2v) is 16.3. The van der Waals surface area contributed by atoms with Gasteiger partial charge in [0, 0.05) is 19.3 Å². The number of quaternary nitrogens is 1. The zero-order valence-electron chi connectivity index (χ0n) is 37.2. The number of hydrogen-bond acceptors (Lipinski definition) is 7. The predicted molar refractivity (Wildman–Crippen MR) is 236 cm³/mol. The maximum Gasteiger partial charge on any atom is 0.306 e. The summed E-state index contributed by atoms with van der Waals surface area (Å²) >= 11 is 0. The van der Waals surface area contributed by atoms with Gasteiger partial charge >= 0.3 is 11.9 Å². The van der Waals surface area contributed by atoms with Crippen LogP contribution in [0.2, 0.25) is 0 Å². The van der Waals surface area contributed by atoms with E-state index in [1.54, 1.807) is 21.1 Å². The second-order valence-electron chi connectivity index (χ2n) is 16.3. The summed E-state index contributed by atoms with van der Waals surface area (Å²) in [6, 6.07) is -0.739. The molecule has 8 heteroatoms. The van der Waals surface area contributed by atoms with Crippen molar-refractivity contribution in [2.24, 2.45) is 0 Å². The number of unbranched alkanes of at least 4 members (excludes halogenated alkanes) is 17. The first kappa shape index (κ1) is 54.0. The summed E-state index contributed by atoms with van der Waals surface area (Å²) in [7, 11) is 5.38. The van der Waals surface area contributed by atoms with Gasteiger partial charge in [-0.2, -0.15) is 0 Å². The van der Waals surface area contributed by atoms with Crippen LogP contribution in [0.3, 0.4) is 0 Å². The number of carbonyl (C=O) groups excluding carboxylic acids is 3. The Balaban J connectivity index is 4.47. The Morgan fingerprint density at radius 3 is 1.53 bits per heavy atom. The van der Waals surface area contributed by atoms with Crippen molar-refractivity contribution in [3.05, 3.63) is 60.8 Å². The van der Waals surface area contributed by atoms with E-state index in [2.05, 4.69) is 74.6 Å². The number of likely N-dealkylation sites (N-methyl/N-ethyl adjacent to an activating group) is 1. The van der Waals surface area contributed by atoms with Gasteiger partial charge in [-0.05, 0) is 70.6 Å². The van der Waals surface area contributed by atoms with E-state index < -0.39 is 18.1 Å². The number of esters is 2. The van der Waals surface area contributed by atoms with Gasteiger partial charge in [-0.1, -0.05) is 152 Å². The number of carboxylic acids is 1. The molecule has 0 amide bonds. The van der Waals surface area contributed by atoms with Gasteiger partial charge in [0.25, 0.3) is 0 Å².